The van der Waals surface area contributed by atoms with Gasteiger partial charge in [0.2, 0.25) is 0 Å². The van der Waals surface area contributed by atoms with Crippen LogP contribution in [0.3, 0.4) is 0 Å². The maximum Gasteiger partial charge on any atom is 0.0676 e. The minimum Gasteiger partial charge on any atom is -0.280 e. The molecule has 2 aliphatic rings. The van der Waals surface area contributed by atoms with Crippen molar-refractivity contribution in [2.45, 2.75) is 63.8 Å². The Morgan fingerprint density at radius 3 is 2.47 bits per heavy atom. The number of hydrogen-bond acceptors (Lipinski definition) is 2. The molecule has 0 aliphatic heterocycles. The van der Waals surface area contributed by atoms with Crippen LogP contribution >= 0.6 is 11.8 Å². The normalized spacial score (nSPS) is 24.5. The molecule has 0 amide bonds. The van der Waals surface area contributed by atoms with Crippen LogP contribution in [-0.4, -0.2) is 17.3 Å². The van der Waals surface area contributed by atoms with Gasteiger partial charge in [-0.2, -0.15) is 0 Å². The lowest BCUT2D eigenvalue weighted by Gasteiger charge is -2.21. The van der Waals surface area contributed by atoms with Crippen molar-refractivity contribution < 1.29 is 0 Å². The van der Waals surface area contributed by atoms with Gasteiger partial charge in [0.05, 0.1) is 11.1 Å². The molecule has 0 aromatic carbocycles. The third kappa shape index (κ3) is 4.18. The first kappa shape index (κ1) is 11.5. The Morgan fingerprint density at radius 1 is 1.13 bits per heavy atom. The number of rotatable bonds is 4. The standard InChI is InChI=1S/C13H23NS/c1-15-13(14-12-8-9-12)10-7-11-5-3-2-4-6-11/h11-12H,2-10H2,1H3/b14-13+. The van der Waals surface area contributed by atoms with Crippen molar-refractivity contribution in [2.24, 2.45) is 10.9 Å². The molecule has 0 spiro atoms. The van der Waals surface area contributed by atoms with E-state index in [1.807, 2.05) is 11.8 Å². The van der Waals surface area contributed by atoms with Crippen LogP contribution in [0.25, 0.3) is 0 Å². The van der Waals surface area contributed by atoms with Crippen molar-refractivity contribution in [1.29, 1.82) is 0 Å². The summed E-state index contributed by atoms with van der Waals surface area (Å²) in [5.74, 6) is 1.01. The number of hydrogen-bond donors (Lipinski definition) is 0. The summed E-state index contributed by atoms with van der Waals surface area (Å²) < 4.78 is 0. The van der Waals surface area contributed by atoms with Crippen molar-refractivity contribution in [3.05, 3.63) is 0 Å². The lowest BCUT2D eigenvalue weighted by atomic mass is 9.86. The second kappa shape index (κ2) is 5.93. The number of thioether (sulfide) groups is 1. The summed E-state index contributed by atoms with van der Waals surface area (Å²) >= 11 is 1.88. The largest absolute Gasteiger partial charge is 0.280 e. The SMILES string of the molecule is CS/C(CCC1CCCCC1)=N/C1CC1. The maximum absolute atomic E-state index is 4.77. The van der Waals surface area contributed by atoms with Gasteiger partial charge < -0.3 is 0 Å². The average Bonchev–Trinajstić information content (AvgIpc) is 3.09. The van der Waals surface area contributed by atoms with Crippen LogP contribution in [0.5, 0.6) is 0 Å². The molecular weight excluding hydrogens is 202 g/mol. The molecule has 15 heavy (non-hydrogen) atoms. The molecule has 1 nitrogen and oxygen atoms in total. The van der Waals surface area contributed by atoms with Crippen molar-refractivity contribution in [2.75, 3.05) is 6.26 Å². The Balaban J connectivity index is 1.69. The van der Waals surface area contributed by atoms with Gasteiger partial charge in [-0.15, -0.1) is 11.8 Å². The molecule has 0 bridgehead atoms. The topological polar surface area (TPSA) is 12.4 Å². The molecular formula is C13H23NS. The van der Waals surface area contributed by atoms with E-state index < -0.39 is 0 Å². The third-order valence-corrected chi connectivity index (χ3v) is 4.38. The monoisotopic (exact) mass is 225 g/mol. The molecule has 2 rings (SSSR count). The van der Waals surface area contributed by atoms with Crippen molar-refractivity contribution in [3.63, 3.8) is 0 Å². The van der Waals surface area contributed by atoms with Crippen molar-refractivity contribution in [1.82, 2.24) is 0 Å². The molecule has 0 saturated heterocycles. The van der Waals surface area contributed by atoms with Gasteiger partial charge in [0.15, 0.2) is 0 Å². The highest BCUT2D eigenvalue weighted by Crippen LogP contribution is 2.30. The highest BCUT2D eigenvalue weighted by Gasteiger charge is 2.21. The molecule has 2 fully saturated rings. The molecule has 2 saturated carbocycles. The highest BCUT2D eigenvalue weighted by atomic mass is 32.2. The lowest BCUT2D eigenvalue weighted by Crippen LogP contribution is -2.08. The summed E-state index contributed by atoms with van der Waals surface area (Å²) in [7, 11) is 0. The van der Waals surface area contributed by atoms with E-state index in [1.54, 1.807) is 0 Å². The summed E-state index contributed by atoms with van der Waals surface area (Å²) in [5.41, 5.74) is 0. The molecule has 0 radical (unpaired) electrons. The molecule has 0 N–H and O–H groups in total. The van der Waals surface area contributed by atoms with Crippen LogP contribution in [-0.2, 0) is 0 Å². The predicted molar refractivity (Wildman–Crippen MR) is 69.8 cm³/mol. The van der Waals surface area contributed by atoms with Gasteiger partial charge in [-0.25, -0.2) is 0 Å². The Bertz CT molecular complexity index is 215. The summed E-state index contributed by atoms with van der Waals surface area (Å²) in [6.07, 6.45) is 14.9. The predicted octanol–water partition coefficient (Wildman–Crippen LogP) is 4.27. The molecule has 86 valence electrons. The molecule has 0 aromatic heterocycles. The lowest BCUT2D eigenvalue weighted by molar-refractivity contribution is 0.344. The average molecular weight is 225 g/mol. The number of aliphatic imine (C=N–C) groups is 1. The summed E-state index contributed by atoms with van der Waals surface area (Å²) in [6.45, 7) is 0. The molecule has 0 aromatic rings. The Hall–Kier alpha value is 0.0200. The first-order chi connectivity index (χ1) is 7.38. The van der Waals surface area contributed by atoms with Gasteiger partial charge in [0.25, 0.3) is 0 Å². The second-order valence-electron chi connectivity index (χ2n) is 5.00. The zero-order valence-corrected chi connectivity index (χ0v) is 10.7. The van der Waals surface area contributed by atoms with E-state index in [2.05, 4.69) is 6.26 Å². The van der Waals surface area contributed by atoms with E-state index in [0.29, 0.717) is 6.04 Å². The van der Waals surface area contributed by atoms with Crippen LogP contribution in [0.4, 0.5) is 0 Å². The van der Waals surface area contributed by atoms with Gasteiger partial charge in [-0.05, 0) is 37.9 Å². The third-order valence-electron chi connectivity index (χ3n) is 3.60. The first-order valence-electron chi connectivity index (χ1n) is 6.49. The van der Waals surface area contributed by atoms with Crippen molar-refractivity contribution in [3.8, 4) is 0 Å². The van der Waals surface area contributed by atoms with Crippen molar-refractivity contribution >= 4 is 16.8 Å². The fourth-order valence-electron chi connectivity index (χ4n) is 2.43. The molecule has 2 aliphatic carbocycles. The van der Waals surface area contributed by atoms with Gasteiger partial charge in [0.1, 0.15) is 0 Å². The van der Waals surface area contributed by atoms with E-state index in [1.165, 1.54) is 62.8 Å². The van der Waals surface area contributed by atoms with Gasteiger partial charge in [0, 0.05) is 0 Å². The Kier molecular flexibility index (Phi) is 4.55. The zero-order chi connectivity index (χ0) is 10.5. The summed E-state index contributed by atoms with van der Waals surface area (Å²) in [5, 5.41) is 1.42. The van der Waals surface area contributed by atoms with E-state index in [4.69, 9.17) is 4.99 Å². The number of nitrogens with zero attached hydrogens (tertiary/aromatic N) is 1. The fourth-order valence-corrected chi connectivity index (χ4v) is 3.01. The molecule has 0 atom stereocenters. The Morgan fingerprint density at radius 2 is 1.87 bits per heavy atom. The van der Waals surface area contributed by atoms with Crippen LogP contribution in [0.1, 0.15) is 57.8 Å². The first-order valence-corrected chi connectivity index (χ1v) is 7.71. The highest BCUT2D eigenvalue weighted by molar-refractivity contribution is 8.13. The maximum atomic E-state index is 4.77. The van der Waals surface area contributed by atoms with E-state index in [0.717, 1.165) is 5.92 Å². The van der Waals surface area contributed by atoms with Gasteiger partial charge in [-0.1, -0.05) is 32.1 Å². The summed E-state index contributed by atoms with van der Waals surface area (Å²) in [6, 6.07) is 0.707. The van der Waals surface area contributed by atoms with E-state index in [9.17, 15) is 0 Å². The molecule has 2 heteroatoms. The van der Waals surface area contributed by atoms with Crippen LogP contribution in [0.15, 0.2) is 4.99 Å². The Labute approximate surface area is 98.1 Å². The summed E-state index contributed by atoms with van der Waals surface area (Å²) in [4.78, 5) is 4.77. The molecule has 0 heterocycles. The smallest absolute Gasteiger partial charge is 0.0676 e. The van der Waals surface area contributed by atoms with Crippen LogP contribution < -0.4 is 0 Å². The second-order valence-corrected chi connectivity index (χ2v) is 5.88. The van der Waals surface area contributed by atoms with Gasteiger partial charge in [-0.3, -0.25) is 4.99 Å². The van der Waals surface area contributed by atoms with E-state index >= 15 is 0 Å². The molecule has 0 unspecified atom stereocenters. The van der Waals surface area contributed by atoms with E-state index in [-0.39, 0.29) is 0 Å². The van der Waals surface area contributed by atoms with Crippen LogP contribution in [0.2, 0.25) is 0 Å². The fraction of sp³-hybridized carbons (Fsp3) is 0.923. The quantitative estimate of drug-likeness (QED) is 0.514. The van der Waals surface area contributed by atoms with Gasteiger partial charge >= 0.3 is 0 Å². The minimum atomic E-state index is 0.707. The zero-order valence-electron chi connectivity index (χ0n) is 9.87. The van der Waals surface area contributed by atoms with Crippen LogP contribution in [0, 0.1) is 5.92 Å². The minimum absolute atomic E-state index is 0.707.